The zero-order valence-corrected chi connectivity index (χ0v) is 10.4. The second kappa shape index (κ2) is 6.56. The van der Waals surface area contributed by atoms with Gasteiger partial charge in [-0.3, -0.25) is 9.59 Å². The largest absolute Gasteiger partial charge is 0.466 e. The smallest absolute Gasteiger partial charge is 0.307 e. The number of carbonyl (C=O) groups excluding carboxylic acids is 2. The SMILES string of the molecule is CCOC(=O)CC1(NCCNC(C)=O)COC1. The van der Waals surface area contributed by atoms with E-state index in [1.807, 2.05) is 0 Å². The molecule has 1 saturated heterocycles. The first kappa shape index (κ1) is 13.9. The van der Waals surface area contributed by atoms with Gasteiger partial charge < -0.3 is 20.1 Å². The summed E-state index contributed by atoms with van der Waals surface area (Å²) in [5.41, 5.74) is -0.315. The van der Waals surface area contributed by atoms with Crippen molar-refractivity contribution in [3.05, 3.63) is 0 Å². The van der Waals surface area contributed by atoms with Crippen molar-refractivity contribution >= 4 is 11.9 Å². The molecule has 6 heteroatoms. The lowest BCUT2D eigenvalue weighted by atomic mass is 9.93. The average Bonchev–Trinajstić information content (AvgIpc) is 2.20. The van der Waals surface area contributed by atoms with Crippen LogP contribution in [-0.2, 0) is 19.1 Å². The zero-order valence-electron chi connectivity index (χ0n) is 10.4. The highest BCUT2D eigenvalue weighted by Gasteiger charge is 2.40. The molecule has 0 atom stereocenters. The molecule has 0 aromatic rings. The molecular weight excluding hydrogens is 224 g/mol. The predicted molar refractivity (Wildman–Crippen MR) is 61.5 cm³/mol. The Bertz CT molecular complexity index is 277. The Balaban J connectivity index is 2.26. The van der Waals surface area contributed by atoms with Gasteiger partial charge in [0.05, 0.1) is 31.8 Å². The van der Waals surface area contributed by atoms with E-state index in [2.05, 4.69) is 10.6 Å². The molecule has 1 aliphatic heterocycles. The third-order valence-electron chi connectivity index (χ3n) is 2.54. The maximum Gasteiger partial charge on any atom is 0.307 e. The number of rotatable bonds is 7. The van der Waals surface area contributed by atoms with E-state index in [1.54, 1.807) is 6.92 Å². The summed E-state index contributed by atoms with van der Waals surface area (Å²) in [4.78, 5) is 22.1. The summed E-state index contributed by atoms with van der Waals surface area (Å²) >= 11 is 0. The Morgan fingerprint density at radius 2 is 2.06 bits per heavy atom. The Morgan fingerprint density at radius 3 is 2.53 bits per heavy atom. The number of nitrogens with one attached hydrogen (secondary N) is 2. The molecule has 2 N–H and O–H groups in total. The molecule has 17 heavy (non-hydrogen) atoms. The number of amides is 1. The van der Waals surface area contributed by atoms with E-state index in [0.29, 0.717) is 39.3 Å². The molecule has 0 saturated carbocycles. The normalized spacial score (nSPS) is 17.1. The van der Waals surface area contributed by atoms with Crippen LogP contribution in [0.4, 0.5) is 0 Å². The van der Waals surface area contributed by atoms with E-state index in [9.17, 15) is 9.59 Å². The minimum atomic E-state index is -0.315. The number of hydrogen-bond acceptors (Lipinski definition) is 5. The molecule has 1 fully saturated rings. The Labute approximate surface area is 101 Å². The Hall–Kier alpha value is -1.14. The first-order valence-electron chi connectivity index (χ1n) is 5.81. The van der Waals surface area contributed by atoms with E-state index in [1.165, 1.54) is 6.92 Å². The third-order valence-corrected chi connectivity index (χ3v) is 2.54. The van der Waals surface area contributed by atoms with Gasteiger partial charge in [-0.25, -0.2) is 0 Å². The van der Waals surface area contributed by atoms with Crippen molar-refractivity contribution in [2.75, 3.05) is 32.9 Å². The molecule has 1 heterocycles. The van der Waals surface area contributed by atoms with Crippen molar-refractivity contribution < 1.29 is 19.1 Å². The van der Waals surface area contributed by atoms with Gasteiger partial charge in [-0.2, -0.15) is 0 Å². The van der Waals surface area contributed by atoms with Crippen LogP contribution in [-0.4, -0.2) is 50.3 Å². The second-order valence-electron chi connectivity index (χ2n) is 4.16. The lowest BCUT2D eigenvalue weighted by Gasteiger charge is -2.41. The Kier molecular flexibility index (Phi) is 5.37. The molecule has 1 aliphatic rings. The van der Waals surface area contributed by atoms with Crippen molar-refractivity contribution in [3.63, 3.8) is 0 Å². The fourth-order valence-electron chi connectivity index (χ4n) is 1.67. The fraction of sp³-hybridized carbons (Fsp3) is 0.818. The maximum absolute atomic E-state index is 11.4. The standard InChI is InChI=1S/C11H20N2O4/c1-3-17-10(15)6-11(7-16-8-11)13-5-4-12-9(2)14/h13H,3-8H2,1-2H3,(H,12,14). The first-order chi connectivity index (χ1) is 8.08. The number of esters is 1. The second-order valence-corrected chi connectivity index (χ2v) is 4.16. The number of hydrogen-bond donors (Lipinski definition) is 2. The lowest BCUT2D eigenvalue weighted by Crippen LogP contribution is -2.62. The van der Waals surface area contributed by atoms with Gasteiger partial charge in [-0.15, -0.1) is 0 Å². The van der Waals surface area contributed by atoms with Gasteiger partial charge in [0.2, 0.25) is 5.91 Å². The van der Waals surface area contributed by atoms with E-state index < -0.39 is 0 Å². The minimum Gasteiger partial charge on any atom is -0.466 e. The molecule has 0 aromatic heterocycles. The van der Waals surface area contributed by atoms with Crippen LogP contribution in [0.2, 0.25) is 0 Å². The van der Waals surface area contributed by atoms with E-state index in [-0.39, 0.29) is 17.4 Å². The van der Waals surface area contributed by atoms with Gasteiger partial charge in [0.25, 0.3) is 0 Å². The molecule has 0 aliphatic carbocycles. The minimum absolute atomic E-state index is 0.0592. The molecule has 0 aromatic carbocycles. The van der Waals surface area contributed by atoms with Crippen LogP contribution < -0.4 is 10.6 Å². The molecule has 1 amide bonds. The number of ether oxygens (including phenoxy) is 2. The molecule has 6 nitrogen and oxygen atoms in total. The van der Waals surface area contributed by atoms with Crippen molar-refractivity contribution in [1.82, 2.24) is 10.6 Å². The van der Waals surface area contributed by atoms with Crippen LogP contribution in [0.5, 0.6) is 0 Å². The summed E-state index contributed by atoms with van der Waals surface area (Å²) in [6.07, 6.45) is 0.306. The van der Waals surface area contributed by atoms with Gasteiger partial charge in [0.1, 0.15) is 0 Å². The van der Waals surface area contributed by atoms with Crippen LogP contribution in [0.15, 0.2) is 0 Å². The van der Waals surface area contributed by atoms with Crippen molar-refractivity contribution in [1.29, 1.82) is 0 Å². The quantitative estimate of drug-likeness (QED) is 0.463. The predicted octanol–water partition coefficient (Wildman–Crippen LogP) is -0.566. The fourth-order valence-corrected chi connectivity index (χ4v) is 1.67. The van der Waals surface area contributed by atoms with Gasteiger partial charge in [0.15, 0.2) is 0 Å². The zero-order chi connectivity index (χ0) is 12.7. The highest BCUT2D eigenvalue weighted by molar-refractivity contribution is 5.72. The summed E-state index contributed by atoms with van der Waals surface area (Å²) in [6.45, 7) is 5.81. The van der Waals surface area contributed by atoms with E-state index in [4.69, 9.17) is 9.47 Å². The molecule has 0 radical (unpaired) electrons. The highest BCUT2D eigenvalue weighted by atomic mass is 16.5. The molecule has 0 spiro atoms. The summed E-state index contributed by atoms with van der Waals surface area (Å²) in [5, 5.41) is 5.92. The lowest BCUT2D eigenvalue weighted by molar-refractivity contribution is -0.152. The topological polar surface area (TPSA) is 76.7 Å². The number of carbonyl (C=O) groups is 2. The van der Waals surface area contributed by atoms with E-state index >= 15 is 0 Å². The average molecular weight is 244 g/mol. The van der Waals surface area contributed by atoms with Gasteiger partial charge in [0, 0.05) is 20.0 Å². The summed E-state index contributed by atoms with van der Waals surface area (Å²) in [5.74, 6) is -0.279. The molecular formula is C11H20N2O4. The van der Waals surface area contributed by atoms with Crippen molar-refractivity contribution in [2.24, 2.45) is 0 Å². The van der Waals surface area contributed by atoms with Crippen molar-refractivity contribution in [3.8, 4) is 0 Å². The third kappa shape index (κ3) is 4.70. The van der Waals surface area contributed by atoms with Crippen molar-refractivity contribution in [2.45, 2.75) is 25.8 Å². The van der Waals surface area contributed by atoms with Crippen LogP contribution in [0, 0.1) is 0 Å². The first-order valence-corrected chi connectivity index (χ1v) is 5.81. The van der Waals surface area contributed by atoms with E-state index in [0.717, 1.165) is 0 Å². The monoisotopic (exact) mass is 244 g/mol. The Morgan fingerprint density at radius 1 is 1.35 bits per heavy atom. The van der Waals surface area contributed by atoms with Gasteiger partial charge in [-0.05, 0) is 6.92 Å². The summed E-state index contributed by atoms with van der Waals surface area (Å²) in [6, 6.07) is 0. The molecule has 0 bridgehead atoms. The van der Waals surface area contributed by atoms with Gasteiger partial charge in [-0.1, -0.05) is 0 Å². The summed E-state index contributed by atoms with van der Waals surface area (Å²) in [7, 11) is 0. The molecule has 98 valence electrons. The van der Waals surface area contributed by atoms with Crippen LogP contribution in [0.3, 0.4) is 0 Å². The van der Waals surface area contributed by atoms with Crippen LogP contribution in [0.1, 0.15) is 20.3 Å². The van der Waals surface area contributed by atoms with Crippen LogP contribution >= 0.6 is 0 Å². The van der Waals surface area contributed by atoms with Crippen LogP contribution in [0.25, 0.3) is 0 Å². The highest BCUT2D eigenvalue weighted by Crippen LogP contribution is 2.21. The summed E-state index contributed by atoms with van der Waals surface area (Å²) < 4.78 is 10.1. The molecule has 1 rings (SSSR count). The molecule has 0 unspecified atom stereocenters. The van der Waals surface area contributed by atoms with Gasteiger partial charge >= 0.3 is 5.97 Å². The maximum atomic E-state index is 11.4.